The van der Waals surface area contributed by atoms with Gasteiger partial charge in [0.25, 0.3) is 0 Å². The minimum Gasteiger partial charge on any atom is -0.444 e. The Morgan fingerprint density at radius 3 is 2.77 bits per heavy atom. The van der Waals surface area contributed by atoms with Crippen LogP contribution >= 0.6 is 28.4 Å². The van der Waals surface area contributed by atoms with E-state index < -0.39 is 17.3 Å². The number of anilines is 1. The molecule has 1 aromatic carbocycles. The van der Waals surface area contributed by atoms with Gasteiger partial charge in [0.15, 0.2) is 0 Å². The lowest BCUT2D eigenvalue weighted by Gasteiger charge is -2.40. The molecule has 0 spiro atoms. The fourth-order valence-corrected chi connectivity index (χ4v) is 4.44. The number of likely N-dealkylation sites (tertiary alicyclic amines) is 1. The molecule has 1 amide bonds. The van der Waals surface area contributed by atoms with E-state index in [1.165, 1.54) is 6.21 Å². The minimum atomic E-state index is -1.12. The molecule has 1 aliphatic rings. The van der Waals surface area contributed by atoms with Gasteiger partial charge >= 0.3 is 6.09 Å². The number of ether oxygens (including phenoxy) is 1. The highest BCUT2D eigenvalue weighted by atomic mass is 127. The van der Waals surface area contributed by atoms with Crippen molar-refractivity contribution in [3.63, 3.8) is 0 Å². The van der Waals surface area contributed by atoms with Crippen LogP contribution in [0, 0.1) is 12.3 Å². The van der Waals surface area contributed by atoms with Gasteiger partial charge in [-0.2, -0.15) is 0 Å². The number of benzene rings is 1. The molecule has 0 saturated carbocycles. The second kappa shape index (κ2) is 8.40. The van der Waals surface area contributed by atoms with Gasteiger partial charge in [0.1, 0.15) is 11.2 Å². The number of aryl methyl sites for hydroxylation is 1. The van der Waals surface area contributed by atoms with E-state index in [4.69, 9.17) is 10.1 Å². The van der Waals surface area contributed by atoms with E-state index in [-0.39, 0.29) is 6.54 Å². The van der Waals surface area contributed by atoms with Crippen molar-refractivity contribution in [1.82, 2.24) is 4.90 Å². The van der Waals surface area contributed by atoms with E-state index in [2.05, 4.69) is 27.1 Å². The van der Waals surface area contributed by atoms with Crippen LogP contribution in [0.1, 0.15) is 50.3 Å². The van der Waals surface area contributed by atoms with Crippen LogP contribution in [0.5, 0.6) is 0 Å². The molecule has 26 heavy (non-hydrogen) atoms. The number of β-amino-alcohol motifs (C(OH)–C–C–N with tert-alkyl or cyclic N) is 1. The molecule has 2 unspecified atom stereocenters. The van der Waals surface area contributed by atoms with Crippen LogP contribution in [0.25, 0.3) is 0 Å². The molecule has 3 N–H and O–H groups in total. The number of nitrogens with zero attached hydrogens (tertiary/aromatic N) is 1. The van der Waals surface area contributed by atoms with Gasteiger partial charge in [0.2, 0.25) is 0 Å². The molecule has 6 nitrogen and oxygen atoms in total. The van der Waals surface area contributed by atoms with Crippen molar-refractivity contribution >= 4 is 46.4 Å². The van der Waals surface area contributed by atoms with Gasteiger partial charge in [0, 0.05) is 30.4 Å². The third-order valence-electron chi connectivity index (χ3n) is 4.36. The fraction of sp³-hybridized carbons (Fsp3) is 0.556. The Morgan fingerprint density at radius 1 is 1.50 bits per heavy atom. The number of aliphatic hydroxyl groups is 1. The standard InChI is InChI=1S/C18H27IN3O3P/c1-12-8-13(10-20)15(21-26-19)9-14(12)18(24)6-5-7-22(11-18)16(23)25-17(2,3)4/h8-10,20-21,24,26H,5-7,11H2,1-4H3. The van der Waals surface area contributed by atoms with Crippen LogP contribution in [0.4, 0.5) is 10.5 Å². The second-order valence-electron chi connectivity index (χ2n) is 7.66. The Morgan fingerprint density at radius 2 is 2.19 bits per heavy atom. The summed E-state index contributed by atoms with van der Waals surface area (Å²) in [6, 6.07) is 3.83. The summed E-state index contributed by atoms with van der Waals surface area (Å²) in [7, 11) is 0. The van der Waals surface area contributed by atoms with E-state index in [9.17, 15) is 9.90 Å². The Bertz CT molecular complexity index is 693. The number of nitrogens with one attached hydrogen (secondary N) is 2. The van der Waals surface area contributed by atoms with Crippen LogP contribution in [-0.4, -0.2) is 41.0 Å². The van der Waals surface area contributed by atoms with Crippen LogP contribution in [0.2, 0.25) is 0 Å². The zero-order chi connectivity index (χ0) is 19.5. The number of hydrogen-bond donors (Lipinski definition) is 3. The lowest BCUT2D eigenvalue weighted by Crippen LogP contribution is -2.50. The summed E-state index contributed by atoms with van der Waals surface area (Å²) in [6.07, 6.45) is 2.68. The molecular formula is C18H27IN3O3P. The number of carbonyl (C=O) groups excluding carboxylic acids is 1. The molecule has 2 atom stereocenters. The first-order valence-electron chi connectivity index (χ1n) is 8.57. The predicted molar refractivity (Wildman–Crippen MR) is 116 cm³/mol. The highest BCUT2D eigenvalue weighted by Gasteiger charge is 2.39. The molecule has 0 radical (unpaired) electrons. The summed E-state index contributed by atoms with van der Waals surface area (Å²) in [5.41, 5.74) is 1.65. The second-order valence-corrected chi connectivity index (χ2v) is 9.71. The van der Waals surface area contributed by atoms with Crippen molar-refractivity contribution in [3.8, 4) is 0 Å². The number of piperidine rings is 1. The van der Waals surface area contributed by atoms with Crippen LogP contribution < -0.4 is 5.09 Å². The first-order chi connectivity index (χ1) is 12.1. The first kappa shape index (κ1) is 21.4. The average molecular weight is 491 g/mol. The van der Waals surface area contributed by atoms with Crippen molar-refractivity contribution in [1.29, 1.82) is 5.41 Å². The molecule has 1 aromatic rings. The maximum atomic E-state index is 12.4. The monoisotopic (exact) mass is 491 g/mol. The predicted octanol–water partition coefficient (Wildman–Crippen LogP) is 4.57. The Labute approximate surface area is 169 Å². The number of carbonyl (C=O) groups is 1. The Hall–Kier alpha value is -0.920. The number of rotatable bonds is 4. The quantitative estimate of drug-likeness (QED) is 0.328. The molecule has 144 valence electrons. The summed E-state index contributed by atoms with van der Waals surface area (Å²) in [5, 5.41) is 22.2. The van der Waals surface area contributed by atoms with E-state index in [1.54, 1.807) is 4.90 Å². The molecule has 1 aliphatic heterocycles. The number of amides is 1. The van der Waals surface area contributed by atoms with Crippen LogP contribution in [-0.2, 0) is 10.3 Å². The third kappa shape index (κ3) is 5.08. The topological polar surface area (TPSA) is 85.7 Å². The van der Waals surface area contributed by atoms with Gasteiger partial charge in [-0.05, 0) is 85.8 Å². The minimum absolute atomic E-state index is 0.207. The number of hydrogen-bond acceptors (Lipinski definition) is 5. The zero-order valence-corrected chi connectivity index (χ0v) is 18.8. The van der Waals surface area contributed by atoms with E-state index >= 15 is 0 Å². The maximum Gasteiger partial charge on any atom is 0.410 e. The highest BCUT2D eigenvalue weighted by molar-refractivity contribution is 14.2. The summed E-state index contributed by atoms with van der Waals surface area (Å²) in [6.45, 7) is 8.23. The molecule has 2 rings (SSSR count). The fourth-order valence-electron chi connectivity index (χ4n) is 3.25. The van der Waals surface area contributed by atoms with Gasteiger partial charge < -0.3 is 25.2 Å². The smallest absolute Gasteiger partial charge is 0.410 e. The third-order valence-corrected chi connectivity index (χ3v) is 5.53. The number of halogens is 1. The van der Waals surface area contributed by atoms with Crippen LogP contribution in [0.15, 0.2) is 12.1 Å². The van der Waals surface area contributed by atoms with Crippen molar-refractivity contribution < 1.29 is 14.6 Å². The van der Waals surface area contributed by atoms with Gasteiger partial charge in [-0.25, -0.2) is 4.79 Å². The lowest BCUT2D eigenvalue weighted by molar-refractivity contribution is -0.0468. The van der Waals surface area contributed by atoms with E-state index in [0.29, 0.717) is 25.8 Å². The SMILES string of the molecule is Cc1cc(C=N)c(NPI)cc1C1(O)CCCN(C(=O)OC(C)(C)C)C1. The van der Waals surface area contributed by atoms with E-state index in [0.717, 1.165) is 22.4 Å². The van der Waals surface area contributed by atoms with Crippen molar-refractivity contribution in [3.05, 3.63) is 28.8 Å². The summed E-state index contributed by atoms with van der Waals surface area (Å²) >= 11 is 2.24. The summed E-state index contributed by atoms with van der Waals surface area (Å²) in [5.74, 6) is 0. The first-order valence-corrected chi connectivity index (χ1v) is 12.7. The van der Waals surface area contributed by atoms with E-state index in [1.807, 2.05) is 39.8 Å². The lowest BCUT2D eigenvalue weighted by atomic mass is 9.82. The van der Waals surface area contributed by atoms with Crippen LogP contribution in [0.3, 0.4) is 0 Å². The van der Waals surface area contributed by atoms with Gasteiger partial charge in [-0.1, -0.05) is 0 Å². The molecule has 1 heterocycles. The largest absolute Gasteiger partial charge is 0.444 e. The Balaban J connectivity index is 2.32. The molecule has 1 saturated heterocycles. The molecular weight excluding hydrogens is 464 g/mol. The van der Waals surface area contributed by atoms with Gasteiger partial charge in [-0.15, -0.1) is 0 Å². The molecule has 8 heteroatoms. The zero-order valence-electron chi connectivity index (χ0n) is 15.6. The van der Waals surface area contributed by atoms with Crippen molar-refractivity contribution in [2.45, 2.75) is 51.7 Å². The molecule has 0 bridgehead atoms. The molecule has 0 aromatic heterocycles. The summed E-state index contributed by atoms with van der Waals surface area (Å²) < 4.78 is 5.47. The normalized spacial score (nSPS) is 21.1. The maximum absolute atomic E-state index is 12.4. The Kier molecular flexibility index (Phi) is 6.91. The van der Waals surface area contributed by atoms with Gasteiger partial charge in [0.05, 0.1) is 6.54 Å². The van der Waals surface area contributed by atoms with Crippen molar-refractivity contribution in [2.75, 3.05) is 18.2 Å². The van der Waals surface area contributed by atoms with Gasteiger partial charge in [-0.3, -0.25) is 0 Å². The molecule has 0 aliphatic carbocycles. The molecule has 1 fully saturated rings. The van der Waals surface area contributed by atoms with Crippen molar-refractivity contribution in [2.24, 2.45) is 0 Å². The highest BCUT2D eigenvalue weighted by Crippen LogP contribution is 2.37. The summed E-state index contributed by atoms with van der Waals surface area (Å²) in [4.78, 5) is 14.0. The average Bonchev–Trinajstić information content (AvgIpc) is 2.54.